The minimum Gasteiger partial charge on any atom is -0.304 e. The van der Waals surface area contributed by atoms with E-state index in [4.69, 9.17) is 6.42 Å². The minimum absolute atomic E-state index is 0.308. The van der Waals surface area contributed by atoms with Crippen LogP contribution >= 0.6 is 0 Å². The van der Waals surface area contributed by atoms with Gasteiger partial charge < -0.3 is 5.32 Å². The van der Waals surface area contributed by atoms with Crippen LogP contribution in [0.3, 0.4) is 0 Å². The van der Waals surface area contributed by atoms with E-state index in [2.05, 4.69) is 18.2 Å². The zero-order valence-electron chi connectivity index (χ0n) is 9.39. The second kappa shape index (κ2) is 6.90. The van der Waals surface area contributed by atoms with Crippen LogP contribution < -0.4 is 5.32 Å². The van der Waals surface area contributed by atoms with Crippen molar-refractivity contribution in [3.05, 3.63) is 0 Å². The van der Waals surface area contributed by atoms with E-state index in [0.29, 0.717) is 6.04 Å². The normalized spacial score (nSPS) is 21.1. The Balaban J connectivity index is 2.29. The van der Waals surface area contributed by atoms with E-state index in [1.165, 1.54) is 44.9 Å². The fourth-order valence-corrected chi connectivity index (χ4v) is 2.39. The van der Waals surface area contributed by atoms with Crippen molar-refractivity contribution in [1.29, 1.82) is 0 Å². The molecule has 1 aliphatic carbocycles. The molecule has 1 fully saturated rings. The standard InChI is InChI=1S/C13H23N/c1-3-13(14-4-2)11-12-9-7-5-6-8-10-12/h1,12-14H,4-11H2,2H3. The summed E-state index contributed by atoms with van der Waals surface area (Å²) in [6.45, 7) is 3.11. The summed E-state index contributed by atoms with van der Waals surface area (Å²) in [6.07, 6.45) is 15.2. The Morgan fingerprint density at radius 2 is 1.93 bits per heavy atom. The van der Waals surface area contributed by atoms with Crippen molar-refractivity contribution in [2.75, 3.05) is 6.54 Å². The number of terminal acetylenes is 1. The average Bonchev–Trinajstić information content (AvgIpc) is 2.45. The van der Waals surface area contributed by atoms with Crippen LogP contribution in [0.4, 0.5) is 0 Å². The van der Waals surface area contributed by atoms with Gasteiger partial charge in [0.15, 0.2) is 0 Å². The summed E-state index contributed by atoms with van der Waals surface area (Å²) < 4.78 is 0. The molecule has 0 spiro atoms. The Bertz CT molecular complexity index is 172. The highest BCUT2D eigenvalue weighted by atomic mass is 14.9. The third-order valence-corrected chi connectivity index (χ3v) is 3.20. The first-order valence-electron chi connectivity index (χ1n) is 6.06. The lowest BCUT2D eigenvalue weighted by Gasteiger charge is -2.18. The van der Waals surface area contributed by atoms with Gasteiger partial charge in [-0.15, -0.1) is 6.42 Å². The quantitative estimate of drug-likeness (QED) is 0.534. The van der Waals surface area contributed by atoms with Crippen molar-refractivity contribution in [3.63, 3.8) is 0 Å². The van der Waals surface area contributed by atoms with Crippen molar-refractivity contribution in [1.82, 2.24) is 5.32 Å². The molecule has 0 aliphatic heterocycles. The zero-order chi connectivity index (χ0) is 10.2. The van der Waals surface area contributed by atoms with Gasteiger partial charge >= 0.3 is 0 Å². The molecule has 1 saturated carbocycles. The van der Waals surface area contributed by atoms with Crippen molar-refractivity contribution in [3.8, 4) is 12.3 Å². The van der Waals surface area contributed by atoms with E-state index in [1.807, 2.05) is 0 Å². The molecule has 1 rings (SSSR count). The van der Waals surface area contributed by atoms with Crippen LogP contribution in [0.5, 0.6) is 0 Å². The largest absolute Gasteiger partial charge is 0.304 e. The molecule has 1 atom stereocenters. The maximum absolute atomic E-state index is 5.50. The highest BCUT2D eigenvalue weighted by Crippen LogP contribution is 2.26. The minimum atomic E-state index is 0.308. The first-order chi connectivity index (χ1) is 6.86. The Labute approximate surface area is 88.7 Å². The average molecular weight is 193 g/mol. The van der Waals surface area contributed by atoms with Crippen LogP contribution in [-0.4, -0.2) is 12.6 Å². The maximum Gasteiger partial charge on any atom is 0.0689 e. The molecule has 0 aromatic carbocycles. The Kier molecular flexibility index (Phi) is 5.71. The smallest absolute Gasteiger partial charge is 0.0689 e. The second-order valence-electron chi connectivity index (χ2n) is 4.37. The molecule has 0 heterocycles. The molecule has 0 radical (unpaired) electrons. The molecule has 80 valence electrons. The molecule has 0 bridgehead atoms. The van der Waals surface area contributed by atoms with Gasteiger partial charge in [0.05, 0.1) is 6.04 Å². The van der Waals surface area contributed by atoms with Gasteiger partial charge in [-0.2, -0.15) is 0 Å². The zero-order valence-corrected chi connectivity index (χ0v) is 9.39. The number of nitrogens with one attached hydrogen (secondary N) is 1. The van der Waals surface area contributed by atoms with Gasteiger partial charge in [0.2, 0.25) is 0 Å². The van der Waals surface area contributed by atoms with Gasteiger partial charge in [0.1, 0.15) is 0 Å². The highest BCUT2D eigenvalue weighted by Gasteiger charge is 2.15. The van der Waals surface area contributed by atoms with E-state index < -0.39 is 0 Å². The number of hydrogen-bond acceptors (Lipinski definition) is 1. The predicted molar refractivity (Wildman–Crippen MR) is 62.1 cm³/mol. The van der Waals surface area contributed by atoms with Gasteiger partial charge in [-0.1, -0.05) is 51.4 Å². The Hall–Kier alpha value is -0.480. The molecule has 1 aliphatic rings. The van der Waals surface area contributed by atoms with Crippen molar-refractivity contribution in [2.24, 2.45) is 5.92 Å². The van der Waals surface area contributed by atoms with Crippen LogP contribution in [0.2, 0.25) is 0 Å². The second-order valence-corrected chi connectivity index (χ2v) is 4.37. The SMILES string of the molecule is C#CC(CC1CCCCCC1)NCC. The van der Waals surface area contributed by atoms with Crippen LogP contribution in [0.25, 0.3) is 0 Å². The molecule has 0 aromatic heterocycles. The van der Waals surface area contributed by atoms with Crippen LogP contribution in [0, 0.1) is 18.3 Å². The van der Waals surface area contributed by atoms with Crippen LogP contribution in [0.1, 0.15) is 51.9 Å². The van der Waals surface area contributed by atoms with Crippen molar-refractivity contribution >= 4 is 0 Å². The topological polar surface area (TPSA) is 12.0 Å². The lowest BCUT2D eigenvalue weighted by Crippen LogP contribution is -2.29. The molecule has 1 N–H and O–H groups in total. The molecule has 0 saturated heterocycles. The van der Waals surface area contributed by atoms with Gasteiger partial charge in [0, 0.05) is 0 Å². The molecule has 1 nitrogen and oxygen atoms in total. The number of rotatable bonds is 4. The van der Waals surface area contributed by atoms with E-state index in [1.54, 1.807) is 0 Å². The fraction of sp³-hybridized carbons (Fsp3) is 0.846. The summed E-state index contributed by atoms with van der Waals surface area (Å²) in [5.74, 6) is 3.73. The molecular formula is C13H23N. The van der Waals surface area contributed by atoms with Gasteiger partial charge in [0.25, 0.3) is 0 Å². The molecule has 1 heteroatoms. The first-order valence-corrected chi connectivity index (χ1v) is 6.06. The molecule has 1 unspecified atom stereocenters. The lowest BCUT2D eigenvalue weighted by atomic mass is 9.93. The summed E-state index contributed by atoms with van der Waals surface area (Å²) in [5.41, 5.74) is 0. The first kappa shape index (κ1) is 11.6. The lowest BCUT2D eigenvalue weighted by molar-refractivity contribution is 0.390. The van der Waals surface area contributed by atoms with Gasteiger partial charge in [-0.3, -0.25) is 0 Å². The van der Waals surface area contributed by atoms with Crippen molar-refractivity contribution in [2.45, 2.75) is 57.9 Å². The van der Waals surface area contributed by atoms with Gasteiger partial charge in [-0.25, -0.2) is 0 Å². The van der Waals surface area contributed by atoms with Crippen LogP contribution in [-0.2, 0) is 0 Å². The maximum atomic E-state index is 5.50. The Morgan fingerprint density at radius 1 is 1.29 bits per heavy atom. The van der Waals surface area contributed by atoms with Crippen molar-refractivity contribution < 1.29 is 0 Å². The molecular weight excluding hydrogens is 170 g/mol. The summed E-state index contributed by atoms with van der Waals surface area (Å²) in [4.78, 5) is 0. The summed E-state index contributed by atoms with van der Waals surface area (Å²) in [7, 11) is 0. The molecule has 0 aromatic rings. The van der Waals surface area contributed by atoms with E-state index >= 15 is 0 Å². The Morgan fingerprint density at radius 3 is 2.43 bits per heavy atom. The summed E-state index contributed by atoms with van der Waals surface area (Å²) in [6, 6.07) is 0.308. The van der Waals surface area contributed by atoms with E-state index in [0.717, 1.165) is 12.5 Å². The van der Waals surface area contributed by atoms with E-state index in [-0.39, 0.29) is 0 Å². The van der Waals surface area contributed by atoms with E-state index in [9.17, 15) is 0 Å². The third kappa shape index (κ3) is 4.15. The predicted octanol–water partition coefficient (Wildman–Crippen LogP) is 2.96. The third-order valence-electron chi connectivity index (χ3n) is 3.20. The monoisotopic (exact) mass is 193 g/mol. The summed E-state index contributed by atoms with van der Waals surface area (Å²) in [5, 5.41) is 3.36. The molecule has 14 heavy (non-hydrogen) atoms. The molecule has 0 amide bonds. The van der Waals surface area contributed by atoms with Crippen LogP contribution in [0.15, 0.2) is 0 Å². The van der Waals surface area contributed by atoms with Gasteiger partial charge in [-0.05, 0) is 18.9 Å². The summed E-state index contributed by atoms with van der Waals surface area (Å²) >= 11 is 0. The highest BCUT2D eigenvalue weighted by molar-refractivity contribution is 4.99. The fourth-order valence-electron chi connectivity index (χ4n) is 2.39. The number of hydrogen-bond donors (Lipinski definition) is 1.